The number of allylic oxidation sites excluding steroid dienone is 1. The molecule has 0 unspecified atom stereocenters. The average molecular weight is 452 g/mol. The number of rotatable bonds is 10. The van der Waals surface area contributed by atoms with E-state index >= 15 is 0 Å². The normalized spacial score (nSPS) is 12.5. The van der Waals surface area contributed by atoms with E-state index in [1.807, 2.05) is 0 Å². The van der Waals surface area contributed by atoms with Gasteiger partial charge in [-0.2, -0.15) is 13.2 Å². The number of halogens is 4. The van der Waals surface area contributed by atoms with Gasteiger partial charge in [0.25, 0.3) is 0 Å². The van der Waals surface area contributed by atoms with Crippen molar-refractivity contribution in [2.24, 2.45) is 5.73 Å². The van der Waals surface area contributed by atoms with Gasteiger partial charge in [0.15, 0.2) is 0 Å². The van der Waals surface area contributed by atoms with Crippen LogP contribution in [0.5, 0.6) is 0 Å². The molecule has 174 valence electrons. The molecule has 0 aliphatic rings. The fraction of sp³-hybridized carbons (Fsp3) is 0.400. The summed E-state index contributed by atoms with van der Waals surface area (Å²) in [6, 6.07) is 5.26. The van der Waals surface area contributed by atoms with Crippen molar-refractivity contribution in [2.45, 2.75) is 58.2 Å². The van der Waals surface area contributed by atoms with Gasteiger partial charge in [-0.3, -0.25) is 4.79 Å². The maximum Gasteiger partial charge on any atom is 0.416 e. The third-order valence-electron chi connectivity index (χ3n) is 5.18. The molecule has 2 aromatic rings. The van der Waals surface area contributed by atoms with Crippen LogP contribution in [0.1, 0.15) is 60.9 Å². The van der Waals surface area contributed by atoms with Crippen molar-refractivity contribution >= 4 is 5.97 Å². The van der Waals surface area contributed by atoms with Gasteiger partial charge < -0.3 is 10.5 Å². The molecule has 0 fully saturated rings. The molecule has 0 aliphatic heterocycles. The van der Waals surface area contributed by atoms with Gasteiger partial charge in [0.05, 0.1) is 18.6 Å². The van der Waals surface area contributed by atoms with Crippen molar-refractivity contribution in [1.82, 2.24) is 0 Å². The molecule has 3 nitrogen and oxygen atoms in total. The first-order valence-electron chi connectivity index (χ1n) is 10.6. The third kappa shape index (κ3) is 6.92. The molecule has 0 aliphatic carbocycles. The van der Waals surface area contributed by atoms with E-state index < -0.39 is 29.6 Å². The number of carbonyl (C=O) groups excluding carboxylic acids is 1. The van der Waals surface area contributed by atoms with Crippen LogP contribution < -0.4 is 5.73 Å². The number of hydrogen-bond donors (Lipinski definition) is 1. The highest BCUT2D eigenvalue weighted by Crippen LogP contribution is 2.37. The van der Waals surface area contributed by atoms with Gasteiger partial charge >= 0.3 is 12.1 Å². The fourth-order valence-electron chi connectivity index (χ4n) is 3.72. The molecule has 0 radical (unpaired) electrons. The number of benzene rings is 2. The van der Waals surface area contributed by atoms with Crippen molar-refractivity contribution in [3.05, 3.63) is 71.1 Å². The van der Waals surface area contributed by atoms with Crippen LogP contribution in [0.2, 0.25) is 0 Å². The van der Waals surface area contributed by atoms with E-state index in [4.69, 9.17) is 10.5 Å². The number of alkyl halides is 3. The van der Waals surface area contributed by atoms with E-state index in [-0.39, 0.29) is 18.6 Å². The Morgan fingerprint density at radius 1 is 1.19 bits per heavy atom. The molecule has 2 rings (SSSR count). The molecule has 0 spiro atoms. The SMILES string of the molecule is C=CCCCCc1cc(F)cc(C)c1-c1cc([C@@H](N)CC(=O)OCC)cc(C(F)(F)F)c1. The Bertz CT molecular complexity index is 954. The molecule has 0 heterocycles. The Morgan fingerprint density at radius 3 is 2.53 bits per heavy atom. The molecule has 0 saturated heterocycles. The highest BCUT2D eigenvalue weighted by atomic mass is 19.4. The predicted molar refractivity (Wildman–Crippen MR) is 118 cm³/mol. The summed E-state index contributed by atoms with van der Waals surface area (Å²) in [6.07, 6.45) is -0.144. The van der Waals surface area contributed by atoms with Crippen LogP contribution >= 0.6 is 0 Å². The first-order valence-corrected chi connectivity index (χ1v) is 10.6. The van der Waals surface area contributed by atoms with E-state index in [1.165, 1.54) is 12.1 Å². The van der Waals surface area contributed by atoms with Gasteiger partial charge in [-0.25, -0.2) is 4.39 Å². The Balaban J connectivity index is 2.56. The molecular formula is C25H29F4NO2. The van der Waals surface area contributed by atoms with E-state index in [9.17, 15) is 22.4 Å². The number of unbranched alkanes of at least 4 members (excludes halogenated alkanes) is 2. The fourth-order valence-corrected chi connectivity index (χ4v) is 3.72. The monoisotopic (exact) mass is 451 g/mol. The number of nitrogens with two attached hydrogens (primary N) is 1. The van der Waals surface area contributed by atoms with E-state index in [0.717, 1.165) is 31.4 Å². The smallest absolute Gasteiger partial charge is 0.416 e. The lowest BCUT2D eigenvalue weighted by atomic mass is 9.88. The van der Waals surface area contributed by atoms with Crippen molar-refractivity contribution in [2.75, 3.05) is 6.61 Å². The van der Waals surface area contributed by atoms with E-state index in [2.05, 4.69) is 6.58 Å². The molecule has 0 aromatic heterocycles. The molecule has 2 aromatic carbocycles. The van der Waals surface area contributed by atoms with Gasteiger partial charge in [0, 0.05) is 6.04 Å². The highest BCUT2D eigenvalue weighted by molar-refractivity contribution is 5.74. The lowest BCUT2D eigenvalue weighted by Crippen LogP contribution is -2.18. The maximum atomic E-state index is 14.1. The van der Waals surface area contributed by atoms with Crippen LogP contribution in [-0.2, 0) is 22.1 Å². The molecule has 2 N–H and O–H groups in total. The van der Waals surface area contributed by atoms with Gasteiger partial charge in [-0.1, -0.05) is 6.08 Å². The van der Waals surface area contributed by atoms with Crippen LogP contribution in [0.3, 0.4) is 0 Å². The lowest BCUT2D eigenvalue weighted by Gasteiger charge is -2.19. The van der Waals surface area contributed by atoms with E-state index in [1.54, 1.807) is 26.0 Å². The van der Waals surface area contributed by atoms with Crippen LogP contribution in [0, 0.1) is 12.7 Å². The number of hydrogen-bond acceptors (Lipinski definition) is 3. The summed E-state index contributed by atoms with van der Waals surface area (Å²) in [5.74, 6) is -1.02. The Morgan fingerprint density at radius 2 is 1.91 bits per heavy atom. The zero-order valence-corrected chi connectivity index (χ0v) is 18.4. The molecular weight excluding hydrogens is 422 g/mol. The molecule has 0 bridgehead atoms. The molecule has 7 heteroatoms. The minimum atomic E-state index is -4.60. The Hall–Kier alpha value is -2.67. The summed E-state index contributed by atoms with van der Waals surface area (Å²) in [4.78, 5) is 11.8. The van der Waals surface area contributed by atoms with E-state index in [0.29, 0.717) is 28.7 Å². The molecule has 1 atom stereocenters. The second-order valence-electron chi connectivity index (χ2n) is 7.75. The van der Waals surface area contributed by atoms with Crippen molar-refractivity contribution in [3.63, 3.8) is 0 Å². The summed E-state index contributed by atoms with van der Waals surface area (Å²) in [5.41, 5.74) is 7.39. The summed E-state index contributed by atoms with van der Waals surface area (Å²) in [5, 5.41) is 0. The minimum absolute atomic E-state index is 0.156. The molecule has 32 heavy (non-hydrogen) atoms. The zero-order chi connectivity index (χ0) is 23.9. The molecule has 0 saturated carbocycles. The second-order valence-corrected chi connectivity index (χ2v) is 7.75. The molecule has 0 amide bonds. The standard InChI is InChI=1S/C25H29F4NO2/c1-4-6-7-8-9-17-14-21(26)10-16(3)24(17)19-11-18(12-20(13-19)25(27,28)29)22(30)15-23(31)32-5-2/h4,10-14,22H,1,5-9,15,30H2,2-3H3/t22-/m0/s1. The first kappa shape index (κ1) is 25.6. The van der Waals surface area contributed by atoms with Gasteiger partial charge in [-0.15, -0.1) is 6.58 Å². The Kier molecular flexibility index (Phi) is 9.01. The topological polar surface area (TPSA) is 52.3 Å². The van der Waals surface area contributed by atoms with Crippen LogP contribution in [-0.4, -0.2) is 12.6 Å². The number of aryl methyl sites for hydroxylation is 2. The van der Waals surface area contributed by atoms with Gasteiger partial charge in [0.2, 0.25) is 0 Å². The van der Waals surface area contributed by atoms with Crippen molar-refractivity contribution in [1.29, 1.82) is 0 Å². The van der Waals surface area contributed by atoms with Crippen LogP contribution in [0.15, 0.2) is 43.0 Å². The number of ether oxygens (including phenoxy) is 1. The van der Waals surface area contributed by atoms with Crippen LogP contribution in [0.25, 0.3) is 11.1 Å². The second kappa shape index (κ2) is 11.3. The number of carbonyl (C=O) groups is 1. The third-order valence-corrected chi connectivity index (χ3v) is 5.18. The zero-order valence-electron chi connectivity index (χ0n) is 18.4. The van der Waals surface area contributed by atoms with Crippen LogP contribution in [0.4, 0.5) is 17.6 Å². The highest BCUT2D eigenvalue weighted by Gasteiger charge is 2.32. The summed E-state index contributed by atoms with van der Waals surface area (Å²) in [6.45, 7) is 7.14. The quantitative estimate of drug-likeness (QED) is 0.190. The minimum Gasteiger partial charge on any atom is -0.466 e. The van der Waals surface area contributed by atoms with Crippen molar-refractivity contribution in [3.8, 4) is 11.1 Å². The largest absolute Gasteiger partial charge is 0.466 e. The van der Waals surface area contributed by atoms with Gasteiger partial charge in [-0.05, 0) is 97.7 Å². The van der Waals surface area contributed by atoms with Crippen molar-refractivity contribution < 1.29 is 27.1 Å². The lowest BCUT2D eigenvalue weighted by molar-refractivity contribution is -0.143. The summed E-state index contributed by atoms with van der Waals surface area (Å²) in [7, 11) is 0. The number of esters is 1. The summed E-state index contributed by atoms with van der Waals surface area (Å²) >= 11 is 0. The maximum absolute atomic E-state index is 14.1. The summed E-state index contributed by atoms with van der Waals surface area (Å²) < 4.78 is 60.0. The average Bonchev–Trinajstić information content (AvgIpc) is 2.70. The van der Waals surface area contributed by atoms with Gasteiger partial charge in [0.1, 0.15) is 5.82 Å². The Labute approximate surface area is 186 Å². The first-order chi connectivity index (χ1) is 15.1. The predicted octanol–water partition coefficient (Wildman–Crippen LogP) is 6.67.